The third kappa shape index (κ3) is 50.6. The largest absolute Gasteiger partial charge is 0.652 e. The van der Waals surface area contributed by atoms with Crippen molar-refractivity contribution in [1.82, 2.24) is 0 Å². The van der Waals surface area contributed by atoms with Crippen LogP contribution < -0.4 is 21.7 Å². The molecule has 0 radical (unpaired) electrons. The minimum atomic E-state index is -2.33. The molecule has 0 aliphatic carbocycles. The van der Waals surface area contributed by atoms with Gasteiger partial charge in [-0.1, -0.05) is 117 Å². The molecule has 6 N–H and O–H groups in total. The van der Waals surface area contributed by atoms with Crippen LogP contribution in [0.5, 0.6) is 0 Å². The SMILES string of the molecule is CCCCCCCCCCCC[NH3+].CCCCCCCCCCCC[NH3+].O=C([O-])[O-]. The summed E-state index contributed by atoms with van der Waals surface area (Å²) >= 11 is 0. The van der Waals surface area contributed by atoms with Gasteiger partial charge in [-0.05, 0) is 31.8 Å². The third-order valence-corrected chi connectivity index (χ3v) is 5.21. The van der Waals surface area contributed by atoms with E-state index in [-0.39, 0.29) is 0 Å². The second-order valence-corrected chi connectivity index (χ2v) is 8.32. The van der Waals surface area contributed by atoms with Crippen molar-refractivity contribution in [2.75, 3.05) is 13.1 Å². The fourth-order valence-corrected chi connectivity index (χ4v) is 3.33. The van der Waals surface area contributed by atoms with Crippen LogP contribution in [0.25, 0.3) is 0 Å². The Labute approximate surface area is 188 Å². The lowest BCUT2D eigenvalue weighted by Gasteiger charge is -2.00. The molecule has 0 amide bonds. The normalized spacial score (nSPS) is 10.0. The first-order valence-electron chi connectivity index (χ1n) is 13.0. The molecule has 0 unspecified atom stereocenters. The lowest BCUT2D eigenvalue weighted by molar-refractivity contribution is -0.415. The van der Waals surface area contributed by atoms with Gasteiger partial charge in [-0.2, -0.15) is 0 Å². The maximum Gasteiger partial charge on any atom is 0.0739 e. The van der Waals surface area contributed by atoms with Gasteiger partial charge in [0.25, 0.3) is 0 Å². The van der Waals surface area contributed by atoms with Crippen molar-refractivity contribution in [3.63, 3.8) is 0 Å². The van der Waals surface area contributed by atoms with Crippen LogP contribution in [0.3, 0.4) is 0 Å². The summed E-state index contributed by atoms with van der Waals surface area (Å²) in [7, 11) is 0. The van der Waals surface area contributed by atoms with Gasteiger partial charge in [-0.3, -0.25) is 0 Å². The number of carboxylic acid groups (broad SMARTS) is 2. The molecule has 0 saturated carbocycles. The first-order valence-corrected chi connectivity index (χ1v) is 13.0. The second-order valence-electron chi connectivity index (χ2n) is 8.32. The lowest BCUT2D eigenvalue weighted by atomic mass is 10.1. The van der Waals surface area contributed by atoms with Crippen LogP contribution in [0.15, 0.2) is 0 Å². The van der Waals surface area contributed by atoms with Crippen LogP contribution in [-0.4, -0.2) is 19.2 Å². The minimum Gasteiger partial charge on any atom is -0.652 e. The van der Waals surface area contributed by atoms with E-state index >= 15 is 0 Å². The van der Waals surface area contributed by atoms with Gasteiger partial charge in [0.1, 0.15) is 0 Å². The summed E-state index contributed by atoms with van der Waals surface area (Å²) in [4.78, 5) is 8.33. The Hall–Kier alpha value is -0.810. The Morgan fingerprint density at radius 2 is 0.633 bits per heavy atom. The van der Waals surface area contributed by atoms with E-state index in [1.807, 2.05) is 0 Å². The van der Waals surface area contributed by atoms with Crippen LogP contribution in [0.2, 0.25) is 0 Å². The molecule has 0 aromatic carbocycles. The van der Waals surface area contributed by atoms with Crippen molar-refractivity contribution in [2.24, 2.45) is 0 Å². The molecule has 0 spiro atoms. The van der Waals surface area contributed by atoms with Crippen molar-refractivity contribution >= 4 is 6.16 Å². The molecule has 0 atom stereocenters. The van der Waals surface area contributed by atoms with E-state index in [0.29, 0.717) is 0 Å². The van der Waals surface area contributed by atoms with E-state index in [2.05, 4.69) is 25.3 Å². The Kier molecular flexibility index (Phi) is 40.1. The summed E-state index contributed by atoms with van der Waals surface area (Å²) in [5.74, 6) is 0. The molecule has 0 saturated heterocycles. The molecule has 5 heteroatoms. The summed E-state index contributed by atoms with van der Waals surface area (Å²) < 4.78 is 0. The second kappa shape index (κ2) is 35.6. The standard InChI is InChI=1S/2C12H27N.CH2O3/c2*1-2-3-4-5-6-7-8-9-10-11-12-13;2-1(3)4/h2*2-13H2,1H3;(H2,2,3,4). The maximum atomic E-state index is 8.33. The summed E-state index contributed by atoms with van der Waals surface area (Å²) in [5.41, 5.74) is 7.71. The molecule has 0 aromatic heterocycles. The zero-order valence-electron chi connectivity index (χ0n) is 20.7. The van der Waals surface area contributed by atoms with Gasteiger partial charge < -0.3 is 26.5 Å². The number of hydrogen-bond acceptors (Lipinski definition) is 3. The number of unbranched alkanes of at least 4 members (excludes halogenated alkanes) is 18. The molecular formula is C25H56N2O3. The highest BCUT2D eigenvalue weighted by Gasteiger charge is 1.92. The first kappa shape index (κ1) is 33.8. The average Bonchev–Trinajstić information content (AvgIpc) is 2.71. The van der Waals surface area contributed by atoms with Crippen LogP contribution in [-0.2, 0) is 0 Å². The minimum absolute atomic E-state index is 1.12. The van der Waals surface area contributed by atoms with Gasteiger partial charge >= 0.3 is 0 Å². The lowest BCUT2D eigenvalue weighted by Crippen LogP contribution is -2.50. The topological polar surface area (TPSA) is 118 Å². The van der Waals surface area contributed by atoms with Gasteiger partial charge in [0.05, 0.1) is 13.1 Å². The average molecular weight is 433 g/mol. The van der Waals surface area contributed by atoms with Crippen LogP contribution >= 0.6 is 0 Å². The van der Waals surface area contributed by atoms with Crippen LogP contribution in [0, 0.1) is 0 Å². The summed E-state index contributed by atoms with van der Waals surface area (Å²) in [6.45, 7) is 6.80. The van der Waals surface area contributed by atoms with E-state index in [9.17, 15) is 0 Å². The van der Waals surface area contributed by atoms with E-state index in [1.54, 1.807) is 0 Å². The van der Waals surface area contributed by atoms with Crippen molar-refractivity contribution in [1.29, 1.82) is 0 Å². The van der Waals surface area contributed by atoms with E-state index in [0.717, 1.165) is 13.1 Å². The molecule has 0 rings (SSSR count). The molecule has 0 aliphatic rings. The molecule has 0 heterocycles. The van der Waals surface area contributed by atoms with E-state index in [4.69, 9.17) is 15.0 Å². The van der Waals surface area contributed by atoms with Crippen molar-refractivity contribution in [3.05, 3.63) is 0 Å². The molecular weight excluding hydrogens is 376 g/mol. The fraction of sp³-hybridized carbons (Fsp3) is 0.960. The summed E-state index contributed by atoms with van der Waals surface area (Å²) in [6.07, 6.45) is 26.2. The Morgan fingerprint density at radius 1 is 0.467 bits per heavy atom. The molecule has 0 aromatic rings. The van der Waals surface area contributed by atoms with Crippen molar-refractivity contribution in [2.45, 2.75) is 142 Å². The smallest absolute Gasteiger partial charge is 0.0739 e. The Bertz CT molecular complexity index is 244. The van der Waals surface area contributed by atoms with Gasteiger partial charge in [-0.15, -0.1) is 0 Å². The fourth-order valence-electron chi connectivity index (χ4n) is 3.33. The Morgan fingerprint density at radius 3 is 0.800 bits per heavy atom. The highest BCUT2D eigenvalue weighted by atomic mass is 16.6. The van der Waals surface area contributed by atoms with E-state index < -0.39 is 6.16 Å². The Balaban J connectivity index is -0.000000412. The van der Waals surface area contributed by atoms with Crippen molar-refractivity contribution < 1.29 is 26.5 Å². The summed E-state index contributed by atoms with van der Waals surface area (Å²) in [6, 6.07) is 0. The molecule has 184 valence electrons. The highest BCUT2D eigenvalue weighted by Crippen LogP contribution is 2.10. The molecule has 30 heavy (non-hydrogen) atoms. The number of rotatable bonds is 20. The van der Waals surface area contributed by atoms with Crippen LogP contribution in [0.4, 0.5) is 4.79 Å². The number of carbonyl (C=O) groups excluding carboxylic acids is 1. The maximum absolute atomic E-state index is 8.33. The summed E-state index contributed by atoms with van der Waals surface area (Å²) in [5, 5.41) is 16.7. The highest BCUT2D eigenvalue weighted by molar-refractivity contribution is 5.47. The molecule has 5 nitrogen and oxygen atoms in total. The predicted octanol–water partition coefficient (Wildman–Crippen LogP) is 3.85. The third-order valence-electron chi connectivity index (χ3n) is 5.21. The monoisotopic (exact) mass is 432 g/mol. The molecule has 0 aliphatic heterocycles. The molecule has 0 fully saturated rings. The zero-order valence-corrected chi connectivity index (χ0v) is 20.7. The number of hydrogen-bond donors (Lipinski definition) is 2. The van der Waals surface area contributed by atoms with Crippen LogP contribution in [0.1, 0.15) is 142 Å². The number of carbonyl (C=O) groups is 1. The van der Waals surface area contributed by atoms with E-state index in [1.165, 1.54) is 128 Å². The van der Waals surface area contributed by atoms with Crippen molar-refractivity contribution in [3.8, 4) is 0 Å². The molecule has 0 bridgehead atoms. The van der Waals surface area contributed by atoms with Gasteiger partial charge in [0, 0.05) is 0 Å². The number of quaternary nitrogens is 2. The zero-order chi connectivity index (χ0) is 23.1. The predicted molar refractivity (Wildman–Crippen MR) is 125 cm³/mol. The van der Waals surface area contributed by atoms with Gasteiger partial charge in [0.15, 0.2) is 0 Å². The quantitative estimate of drug-likeness (QED) is 0.284. The van der Waals surface area contributed by atoms with Gasteiger partial charge in [-0.25, -0.2) is 0 Å². The van der Waals surface area contributed by atoms with Gasteiger partial charge in [0.2, 0.25) is 0 Å². The first-order chi connectivity index (χ1) is 14.6.